The molecular formula is C16H25N5O2S. The Morgan fingerprint density at radius 3 is 2.83 bits per heavy atom. The van der Waals surface area contributed by atoms with Gasteiger partial charge in [0.25, 0.3) is 0 Å². The van der Waals surface area contributed by atoms with E-state index in [4.69, 9.17) is 14.5 Å². The molecule has 0 unspecified atom stereocenters. The van der Waals surface area contributed by atoms with E-state index < -0.39 is 0 Å². The average molecular weight is 351 g/mol. The molecule has 7 nitrogen and oxygen atoms in total. The average Bonchev–Trinajstić information content (AvgIpc) is 3.04. The molecule has 1 atom stereocenters. The minimum absolute atomic E-state index is 0.233. The van der Waals surface area contributed by atoms with Crippen molar-refractivity contribution < 1.29 is 9.47 Å². The Morgan fingerprint density at radius 2 is 2.04 bits per heavy atom. The third-order valence-corrected chi connectivity index (χ3v) is 5.93. The zero-order valence-corrected chi connectivity index (χ0v) is 15.2. The van der Waals surface area contributed by atoms with E-state index in [9.17, 15) is 0 Å². The van der Waals surface area contributed by atoms with Gasteiger partial charge < -0.3 is 14.4 Å². The number of aryl methyl sites for hydroxylation is 2. The molecule has 0 amide bonds. The summed E-state index contributed by atoms with van der Waals surface area (Å²) in [6.45, 7) is 9.45. The second kappa shape index (κ2) is 6.95. The van der Waals surface area contributed by atoms with Crippen molar-refractivity contribution >= 4 is 26.8 Å². The van der Waals surface area contributed by atoms with Gasteiger partial charge in [-0.1, -0.05) is 11.3 Å². The summed E-state index contributed by atoms with van der Waals surface area (Å²) >= 11 is 1.75. The van der Waals surface area contributed by atoms with Crippen molar-refractivity contribution in [3.05, 3.63) is 5.69 Å². The van der Waals surface area contributed by atoms with Crippen molar-refractivity contribution in [1.29, 1.82) is 0 Å². The third kappa shape index (κ3) is 3.28. The fraction of sp³-hybridized carbons (Fsp3) is 0.750. The molecule has 0 aliphatic carbocycles. The summed E-state index contributed by atoms with van der Waals surface area (Å²) in [5.74, 6) is 0. The van der Waals surface area contributed by atoms with Crippen LogP contribution in [0.5, 0.6) is 0 Å². The van der Waals surface area contributed by atoms with Crippen LogP contribution in [0.4, 0.5) is 5.13 Å². The van der Waals surface area contributed by atoms with Gasteiger partial charge in [-0.25, -0.2) is 9.67 Å². The number of morpholine rings is 1. The smallest absolute Gasteiger partial charge is 0.188 e. The molecule has 0 bridgehead atoms. The minimum Gasteiger partial charge on any atom is -0.379 e. The molecule has 2 aromatic rings. The fourth-order valence-electron chi connectivity index (χ4n) is 3.46. The standard InChI is InChI=1S/C16H25N5O2S/c1-12-14-15(19(2)18-12)17-16(24-14)21-4-3-7-23-13(11-21)10-20-5-8-22-9-6-20/h13H,3-11H2,1-2H3/t13-/m0/s1. The van der Waals surface area contributed by atoms with Crippen LogP contribution in [-0.4, -0.2) is 78.3 Å². The van der Waals surface area contributed by atoms with Gasteiger partial charge in [-0.05, 0) is 13.3 Å². The first kappa shape index (κ1) is 16.3. The number of anilines is 1. The highest BCUT2D eigenvalue weighted by molar-refractivity contribution is 7.22. The van der Waals surface area contributed by atoms with Crippen LogP contribution in [0, 0.1) is 6.92 Å². The molecule has 4 heterocycles. The van der Waals surface area contributed by atoms with E-state index in [1.54, 1.807) is 11.3 Å². The number of fused-ring (bicyclic) bond motifs is 1. The van der Waals surface area contributed by atoms with Crippen LogP contribution in [0.25, 0.3) is 10.3 Å². The van der Waals surface area contributed by atoms with Crippen molar-refractivity contribution in [2.75, 3.05) is 57.4 Å². The zero-order valence-electron chi connectivity index (χ0n) is 14.4. The molecule has 2 aliphatic heterocycles. The Balaban J connectivity index is 1.49. The lowest BCUT2D eigenvalue weighted by Gasteiger charge is -2.31. The van der Waals surface area contributed by atoms with Crippen molar-refractivity contribution in [3.8, 4) is 0 Å². The summed E-state index contributed by atoms with van der Waals surface area (Å²) in [4.78, 5) is 9.68. The monoisotopic (exact) mass is 351 g/mol. The van der Waals surface area contributed by atoms with E-state index in [0.717, 1.165) is 75.4 Å². The van der Waals surface area contributed by atoms with Gasteiger partial charge >= 0.3 is 0 Å². The molecule has 2 fully saturated rings. The van der Waals surface area contributed by atoms with E-state index in [1.807, 2.05) is 11.7 Å². The summed E-state index contributed by atoms with van der Waals surface area (Å²) in [6.07, 6.45) is 1.28. The molecule has 0 saturated carbocycles. The molecule has 0 aromatic carbocycles. The van der Waals surface area contributed by atoms with Gasteiger partial charge in [-0.2, -0.15) is 5.10 Å². The first-order chi connectivity index (χ1) is 11.7. The second-order valence-corrected chi connectivity index (χ2v) is 7.54. The number of ether oxygens (including phenoxy) is 2. The largest absolute Gasteiger partial charge is 0.379 e. The summed E-state index contributed by atoms with van der Waals surface area (Å²) in [5, 5.41) is 5.55. The van der Waals surface area contributed by atoms with Crippen molar-refractivity contribution in [2.24, 2.45) is 7.05 Å². The van der Waals surface area contributed by atoms with Crippen LogP contribution >= 0.6 is 11.3 Å². The number of thiazole rings is 1. The minimum atomic E-state index is 0.233. The quantitative estimate of drug-likeness (QED) is 0.830. The molecule has 0 spiro atoms. The van der Waals surface area contributed by atoms with Crippen LogP contribution in [0.15, 0.2) is 0 Å². The number of rotatable bonds is 3. The van der Waals surface area contributed by atoms with Crippen LogP contribution in [0.3, 0.4) is 0 Å². The SMILES string of the molecule is Cc1nn(C)c2nc(N3CCCO[C@@H](CN4CCOCC4)C3)sc12. The number of hydrogen-bond donors (Lipinski definition) is 0. The van der Waals surface area contributed by atoms with Crippen LogP contribution in [0.2, 0.25) is 0 Å². The summed E-state index contributed by atoms with van der Waals surface area (Å²) in [6, 6.07) is 0. The van der Waals surface area contributed by atoms with Gasteiger partial charge in [0.05, 0.1) is 29.7 Å². The molecule has 24 heavy (non-hydrogen) atoms. The van der Waals surface area contributed by atoms with Crippen LogP contribution in [-0.2, 0) is 16.5 Å². The molecule has 2 saturated heterocycles. The molecule has 2 aliphatic rings. The number of hydrogen-bond acceptors (Lipinski definition) is 7. The lowest BCUT2D eigenvalue weighted by molar-refractivity contribution is -0.00507. The van der Waals surface area contributed by atoms with Crippen molar-refractivity contribution in [2.45, 2.75) is 19.4 Å². The topological polar surface area (TPSA) is 55.7 Å². The van der Waals surface area contributed by atoms with Crippen LogP contribution in [0.1, 0.15) is 12.1 Å². The molecule has 2 aromatic heterocycles. The van der Waals surface area contributed by atoms with Gasteiger partial charge in [0.2, 0.25) is 0 Å². The number of aromatic nitrogens is 3. The van der Waals surface area contributed by atoms with Gasteiger partial charge in [-0.3, -0.25) is 4.90 Å². The molecule has 4 rings (SSSR count). The first-order valence-corrected chi connectivity index (χ1v) is 9.49. The lowest BCUT2D eigenvalue weighted by atomic mass is 10.3. The van der Waals surface area contributed by atoms with Crippen molar-refractivity contribution in [3.63, 3.8) is 0 Å². The predicted molar refractivity (Wildman–Crippen MR) is 95.0 cm³/mol. The van der Waals surface area contributed by atoms with E-state index in [1.165, 1.54) is 4.70 Å². The van der Waals surface area contributed by atoms with Gasteiger partial charge in [-0.15, -0.1) is 0 Å². The Labute approximate surface area is 146 Å². The Morgan fingerprint density at radius 1 is 1.21 bits per heavy atom. The summed E-state index contributed by atoms with van der Waals surface area (Å²) in [7, 11) is 1.96. The molecular weight excluding hydrogens is 326 g/mol. The van der Waals surface area contributed by atoms with Crippen molar-refractivity contribution in [1.82, 2.24) is 19.7 Å². The predicted octanol–water partition coefficient (Wildman–Crippen LogP) is 1.27. The first-order valence-electron chi connectivity index (χ1n) is 8.67. The Kier molecular flexibility index (Phi) is 4.71. The summed E-state index contributed by atoms with van der Waals surface area (Å²) in [5.41, 5.74) is 2.05. The van der Waals surface area contributed by atoms with Gasteiger partial charge in [0.1, 0.15) is 0 Å². The lowest BCUT2D eigenvalue weighted by Crippen LogP contribution is -2.44. The second-order valence-electron chi connectivity index (χ2n) is 6.56. The van der Waals surface area contributed by atoms with E-state index in [0.29, 0.717) is 0 Å². The number of nitrogens with zero attached hydrogens (tertiary/aromatic N) is 5. The maximum atomic E-state index is 6.10. The maximum Gasteiger partial charge on any atom is 0.188 e. The molecule has 0 radical (unpaired) electrons. The third-order valence-electron chi connectivity index (χ3n) is 4.72. The Bertz CT molecular complexity index is 660. The van der Waals surface area contributed by atoms with E-state index in [2.05, 4.69) is 21.8 Å². The molecule has 8 heteroatoms. The highest BCUT2D eigenvalue weighted by Gasteiger charge is 2.25. The zero-order chi connectivity index (χ0) is 16.5. The normalized spacial score (nSPS) is 23.8. The highest BCUT2D eigenvalue weighted by atomic mass is 32.1. The summed E-state index contributed by atoms with van der Waals surface area (Å²) < 4.78 is 14.6. The maximum absolute atomic E-state index is 6.10. The molecule has 0 N–H and O–H groups in total. The van der Waals surface area contributed by atoms with Crippen LogP contribution < -0.4 is 4.90 Å². The van der Waals surface area contributed by atoms with Gasteiger partial charge in [0, 0.05) is 46.4 Å². The van der Waals surface area contributed by atoms with E-state index in [-0.39, 0.29) is 6.10 Å². The fourth-order valence-corrected chi connectivity index (χ4v) is 4.53. The Hall–Kier alpha value is -1.22. The highest BCUT2D eigenvalue weighted by Crippen LogP contribution is 2.31. The molecule has 132 valence electrons. The van der Waals surface area contributed by atoms with Gasteiger partial charge in [0.15, 0.2) is 10.8 Å². The van der Waals surface area contributed by atoms with E-state index >= 15 is 0 Å².